The number of rotatable bonds is 4. The minimum atomic E-state index is -0.127. The van der Waals surface area contributed by atoms with Crippen LogP contribution in [0.5, 0.6) is 0 Å². The van der Waals surface area contributed by atoms with Crippen molar-refractivity contribution in [1.82, 2.24) is 15.5 Å². The Bertz CT molecular complexity index is 612. The first-order chi connectivity index (χ1) is 10.3. The highest BCUT2D eigenvalue weighted by atomic mass is 16.5. The van der Waals surface area contributed by atoms with Gasteiger partial charge >= 0.3 is 0 Å². The maximum Gasteiger partial charge on any atom is 0.251 e. The van der Waals surface area contributed by atoms with Crippen LogP contribution < -0.4 is 5.32 Å². The van der Waals surface area contributed by atoms with Crippen molar-refractivity contribution in [1.29, 1.82) is 0 Å². The number of nitrogens with one attached hydrogen (secondary N) is 2. The zero-order chi connectivity index (χ0) is 14.7. The fourth-order valence-electron chi connectivity index (χ4n) is 2.40. The first-order valence-electron chi connectivity index (χ1n) is 6.78. The average Bonchev–Trinajstić information content (AvgIpc) is 3.18. The summed E-state index contributed by atoms with van der Waals surface area (Å²) in [6, 6.07) is 7.32. The molecule has 1 aliphatic heterocycles. The molecule has 6 nitrogen and oxygen atoms in total. The minimum Gasteiger partial charge on any atom is -0.377 e. The van der Waals surface area contributed by atoms with Gasteiger partial charge in [0.2, 0.25) is 0 Å². The number of H-pyrrole nitrogens is 1. The van der Waals surface area contributed by atoms with Gasteiger partial charge in [-0.15, -0.1) is 0 Å². The van der Waals surface area contributed by atoms with E-state index in [-0.39, 0.29) is 18.1 Å². The molecular weight excluding hydrogens is 270 g/mol. The Balaban J connectivity index is 1.74. The predicted octanol–water partition coefficient (Wildman–Crippen LogP) is 1.22. The minimum absolute atomic E-state index is 0.0917. The maximum absolute atomic E-state index is 12.3. The summed E-state index contributed by atoms with van der Waals surface area (Å²) in [6.07, 6.45) is 3.43. The normalized spacial score (nSPS) is 21.4. The zero-order valence-corrected chi connectivity index (χ0v) is 11.7. The van der Waals surface area contributed by atoms with Gasteiger partial charge in [0.15, 0.2) is 0 Å². The molecule has 0 radical (unpaired) electrons. The van der Waals surface area contributed by atoms with Gasteiger partial charge in [0.1, 0.15) is 6.10 Å². The number of aromatic amines is 1. The summed E-state index contributed by atoms with van der Waals surface area (Å²) in [4.78, 5) is 12.3. The molecule has 2 heterocycles. The van der Waals surface area contributed by atoms with Crippen molar-refractivity contribution < 1.29 is 14.3 Å². The molecule has 0 unspecified atom stereocenters. The molecule has 0 saturated carbocycles. The molecule has 1 saturated heterocycles. The first kappa shape index (κ1) is 13.8. The summed E-state index contributed by atoms with van der Waals surface area (Å²) in [6.45, 7) is 0.988. The lowest BCUT2D eigenvalue weighted by Crippen LogP contribution is -2.43. The van der Waals surface area contributed by atoms with Crippen molar-refractivity contribution in [2.75, 3.05) is 20.3 Å². The molecule has 1 aromatic carbocycles. The van der Waals surface area contributed by atoms with Gasteiger partial charge in [0.05, 0.1) is 25.5 Å². The van der Waals surface area contributed by atoms with Crippen molar-refractivity contribution in [2.45, 2.75) is 12.1 Å². The summed E-state index contributed by atoms with van der Waals surface area (Å²) in [7, 11) is 1.62. The third-order valence-electron chi connectivity index (χ3n) is 3.60. The Hall–Kier alpha value is -2.18. The van der Waals surface area contributed by atoms with E-state index in [9.17, 15) is 4.79 Å². The molecule has 21 heavy (non-hydrogen) atoms. The van der Waals surface area contributed by atoms with Crippen LogP contribution in [-0.4, -0.2) is 48.6 Å². The van der Waals surface area contributed by atoms with E-state index in [1.165, 1.54) is 0 Å². The van der Waals surface area contributed by atoms with E-state index in [1.807, 2.05) is 18.2 Å². The number of ether oxygens (including phenoxy) is 2. The number of hydrogen-bond acceptors (Lipinski definition) is 4. The zero-order valence-electron chi connectivity index (χ0n) is 11.7. The van der Waals surface area contributed by atoms with Crippen LogP contribution in [0.1, 0.15) is 10.4 Å². The van der Waals surface area contributed by atoms with Gasteiger partial charge in [0, 0.05) is 24.4 Å². The number of hydrogen-bond donors (Lipinski definition) is 2. The molecule has 2 atom stereocenters. The quantitative estimate of drug-likeness (QED) is 0.886. The summed E-state index contributed by atoms with van der Waals surface area (Å²) in [5, 5.41) is 9.64. The van der Waals surface area contributed by atoms with E-state index >= 15 is 0 Å². The number of carbonyl (C=O) groups excluding carboxylic acids is 1. The summed E-state index contributed by atoms with van der Waals surface area (Å²) in [5.74, 6) is -0.127. The fraction of sp³-hybridized carbons (Fsp3) is 0.333. The van der Waals surface area contributed by atoms with Gasteiger partial charge in [-0.3, -0.25) is 9.89 Å². The number of aromatic nitrogens is 2. The molecule has 1 fully saturated rings. The second-order valence-corrected chi connectivity index (χ2v) is 4.96. The van der Waals surface area contributed by atoms with E-state index in [0.717, 1.165) is 11.1 Å². The summed E-state index contributed by atoms with van der Waals surface area (Å²) >= 11 is 0. The molecular formula is C15H17N3O3. The van der Waals surface area contributed by atoms with Crippen LogP contribution in [0, 0.1) is 0 Å². The molecule has 0 bridgehead atoms. The van der Waals surface area contributed by atoms with Crippen LogP contribution in [0.3, 0.4) is 0 Å². The van der Waals surface area contributed by atoms with E-state index in [4.69, 9.17) is 9.47 Å². The largest absolute Gasteiger partial charge is 0.377 e. The Morgan fingerprint density at radius 2 is 2.33 bits per heavy atom. The summed E-state index contributed by atoms with van der Waals surface area (Å²) in [5.41, 5.74) is 2.50. The Labute approximate surface area is 122 Å². The highest BCUT2D eigenvalue weighted by molar-refractivity contribution is 5.95. The van der Waals surface area contributed by atoms with E-state index in [2.05, 4.69) is 15.5 Å². The van der Waals surface area contributed by atoms with Crippen LogP contribution in [0.25, 0.3) is 11.1 Å². The number of methoxy groups -OCH3 is 1. The van der Waals surface area contributed by atoms with Crippen LogP contribution in [0.15, 0.2) is 36.7 Å². The van der Waals surface area contributed by atoms with E-state index in [1.54, 1.807) is 25.6 Å². The van der Waals surface area contributed by atoms with Gasteiger partial charge in [-0.25, -0.2) is 0 Å². The monoisotopic (exact) mass is 287 g/mol. The molecule has 1 aromatic heterocycles. The second-order valence-electron chi connectivity index (χ2n) is 4.96. The van der Waals surface area contributed by atoms with Crippen molar-refractivity contribution in [3.8, 4) is 11.1 Å². The van der Waals surface area contributed by atoms with Crippen molar-refractivity contribution in [2.24, 2.45) is 0 Å². The summed E-state index contributed by atoms with van der Waals surface area (Å²) < 4.78 is 10.6. The van der Waals surface area contributed by atoms with E-state index in [0.29, 0.717) is 18.8 Å². The number of nitrogens with zero attached hydrogens (tertiary/aromatic N) is 1. The van der Waals surface area contributed by atoms with Crippen molar-refractivity contribution >= 4 is 5.91 Å². The van der Waals surface area contributed by atoms with Crippen LogP contribution in [0.2, 0.25) is 0 Å². The van der Waals surface area contributed by atoms with Gasteiger partial charge in [0.25, 0.3) is 5.91 Å². The first-order valence-corrected chi connectivity index (χ1v) is 6.78. The van der Waals surface area contributed by atoms with Gasteiger partial charge < -0.3 is 14.8 Å². The van der Waals surface area contributed by atoms with Gasteiger partial charge in [-0.05, 0) is 17.7 Å². The Kier molecular flexibility index (Phi) is 3.98. The lowest BCUT2D eigenvalue weighted by Gasteiger charge is -2.17. The molecule has 1 aliphatic rings. The molecule has 1 amide bonds. The SMILES string of the molecule is CO[C@H]1COC[C@@H]1NC(=O)c1cccc(-c2cn[nH]c2)c1. The third kappa shape index (κ3) is 2.96. The van der Waals surface area contributed by atoms with Gasteiger partial charge in [-0.2, -0.15) is 5.10 Å². The van der Waals surface area contributed by atoms with E-state index < -0.39 is 0 Å². The second kappa shape index (κ2) is 6.07. The van der Waals surface area contributed by atoms with Crippen molar-refractivity contribution in [3.05, 3.63) is 42.2 Å². The topological polar surface area (TPSA) is 76.2 Å². The molecule has 6 heteroatoms. The van der Waals surface area contributed by atoms with Gasteiger partial charge in [-0.1, -0.05) is 12.1 Å². The lowest BCUT2D eigenvalue weighted by molar-refractivity contribution is 0.0685. The highest BCUT2D eigenvalue weighted by Gasteiger charge is 2.29. The number of amides is 1. The van der Waals surface area contributed by atoms with Crippen LogP contribution in [0.4, 0.5) is 0 Å². The maximum atomic E-state index is 12.3. The third-order valence-corrected chi connectivity index (χ3v) is 3.60. The lowest BCUT2D eigenvalue weighted by atomic mass is 10.1. The molecule has 0 aliphatic carbocycles. The fourth-order valence-corrected chi connectivity index (χ4v) is 2.40. The van der Waals surface area contributed by atoms with Crippen LogP contribution in [-0.2, 0) is 9.47 Å². The number of benzene rings is 1. The molecule has 110 valence electrons. The average molecular weight is 287 g/mol. The predicted molar refractivity (Wildman–Crippen MR) is 76.9 cm³/mol. The Morgan fingerprint density at radius 1 is 1.43 bits per heavy atom. The molecule has 2 aromatic rings. The van der Waals surface area contributed by atoms with Crippen LogP contribution >= 0.6 is 0 Å². The standard InChI is InChI=1S/C15H17N3O3/c1-20-14-9-21-8-13(14)18-15(19)11-4-2-3-10(5-11)12-6-16-17-7-12/h2-7,13-14H,8-9H2,1H3,(H,16,17)(H,18,19)/t13-,14-/m0/s1. The smallest absolute Gasteiger partial charge is 0.251 e. The molecule has 0 spiro atoms. The van der Waals surface area contributed by atoms with Crippen molar-refractivity contribution in [3.63, 3.8) is 0 Å². The molecule has 3 rings (SSSR count). The Morgan fingerprint density at radius 3 is 3.10 bits per heavy atom. The highest BCUT2D eigenvalue weighted by Crippen LogP contribution is 2.19. The molecule has 2 N–H and O–H groups in total. The number of carbonyl (C=O) groups is 1.